The van der Waals surface area contributed by atoms with Crippen LogP contribution in [0.5, 0.6) is 0 Å². The van der Waals surface area contributed by atoms with E-state index in [0.29, 0.717) is 0 Å². The minimum atomic E-state index is 0.0829. The van der Waals surface area contributed by atoms with Gasteiger partial charge in [-0.3, -0.25) is 0 Å². The fourth-order valence-electron chi connectivity index (χ4n) is 1.08. The summed E-state index contributed by atoms with van der Waals surface area (Å²) in [6, 6.07) is 0. The molecule has 0 amide bonds. The van der Waals surface area contributed by atoms with Crippen molar-refractivity contribution in [2.75, 3.05) is 13.2 Å². The lowest BCUT2D eigenvalue weighted by Crippen LogP contribution is -1.88. The molecule has 0 saturated heterocycles. The topological polar surface area (TPSA) is 29.1 Å². The van der Waals surface area contributed by atoms with Gasteiger partial charge in [0.1, 0.15) is 0 Å². The van der Waals surface area contributed by atoms with Crippen molar-refractivity contribution in [1.82, 2.24) is 0 Å². The van der Waals surface area contributed by atoms with Crippen molar-refractivity contribution in [3.8, 4) is 0 Å². The Morgan fingerprint density at radius 2 is 1.58 bits per heavy atom. The van der Waals surface area contributed by atoms with Crippen LogP contribution in [0.15, 0.2) is 12.8 Å². The van der Waals surface area contributed by atoms with Crippen LogP contribution in [0.25, 0.3) is 0 Å². The van der Waals surface area contributed by atoms with Crippen molar-refractivity contribution in [2.24, 2.45) is 0 Å². The van der Waals surface area contributed by atoms with Gasteiger partial charge in [-0.25, -0.2) is 5.11 Å². The summed E-state index contributed by atoms with van der Waals surface area (Å²) < 4.78 is 4.98. The molecule has 2 heteroatoms. The Morgan fingerprint density at radius 3 is 2.17 bits per heavy atom. The fourth-order valence-corrected chi connectivity index (χ4v) is 1.08. The van der Waals surface area contributed by atoms with Gasteiger partial charge in [-0.15, -0.1) is 0 Å². The summed E-state index contributed by atoms with van der Waals surface area (Å²) in [6.07, 6.45) is 8.12. The van der Waals surface area contributed by atoms with Crippen molar-refractivity contribution < 1.29 is 9.84 Å². The zero-order valence-corrected chi connectivity index (χ0v) is 7.76. The minimum Gasteiger partial charge on any atom is -0.502 e. The molecule has 12 heavy (non-hydrogen) atoms. The van der Waals surface area contributed by atoms with Gasteiger partial charge >= 0.3 is 0 Å². The van der Waals surface area contributed by atoms with Gasteiger partial charge in [-0.2, -0.15) is 0 Å². The van der Waals surface area contributed by atoms with E-state index in [-0.39, 0.29) is 6.61 Å². The first-order valence-electron chi connectivity index (χ1n) is 4.72. The third-order valence-electron chi connectivity index (χ3n) is 1.77. The second-order valence-electron chi connectivity index (χ2n) is 2.86. The molecule has 71 valence electrons. The molecule has 0 spiro atoms. The lowest BCUT2D eigenvalue weighted by Gasteiger charge is -2.00. The predicted molar refractivity (Wildman–Crippen MR) is 49.4 cm³/mol. The summed E-state index contributed by atoms with van der Waals surface area (Å²) in [5.74, 6) is 0. The van der Waals surface area contributed by atoms with Gasteiger partial charge in [0.15, 0.2) is 0 Å². The van der Waals surface area contributed by atoms with Crippen LogP contribution < -0.4 is 0 Å². The highest BCUT2D eigenvalue weighted by molar-refractivity contribution is 4.49. The molecule has 2 nitrogen and oxygen atoms in total. The summed E-state index contributed by atoms with van der Waals surface area (Å²) in [5.41, 5.74) is 0. The SMILES string of the molecule is C=COCCCCCCCC[O]. The Hall–Kier alpha value is -0.500. The number of unbranched alkanes of at least 4 members (excludes halogenated alkanes) is 5. The van der Waals surface area contributed by atoms with Crippen LogP contribution in [0.4, 0.5) is 0 Å². The molecule has 0 rings (SSSR count). The quantitative estimate of drug-likeness (QED) is 0.387. The van der Waals surface area contributed by atoms with Crippen LogP contribution in [0.2, 0.25) is 0 Å². The second-order valence-corrected chi connectivity index (χ2v) is 2.86. The Morgan fingerprint density at radius 1 is 1.00 bits per heavy atom. The van der Waals surface area contributed by atoms with Gasteiger partial charge in [0.25, 0.3) is 0 Å². The number of rotatable bonds is 9. The van der Waals surface area contributed by atoms with Gasteiger partial charge in [0.2, 0.25) is 0 Å². The van der Waals surface area contributed by atoms with Crippen LogP contribution in [-0.4, -0.2) is 13.2 Å². The number of hydrogen-bond acceptors (Lipinski definition) is 1. The maximum absolute atomic E-state index is 10.1. The molecule has 0 heterocycles. The van der Waals surface area contributed by atoms with E-state index in [2.05, 4.69) is 6.58 Å². The zero-order chi connectivity index (χ0) is 9.07. The molecule has 0 aliphatic heterocycles. The third-order valence-corrected chi connectivity index (χ3v) is 1.77. The average Bonchev–Trinajstić information content (AvgIpc) is 2.10. The molecular formula is C10H19O2. The van der Waals surface area contributed by atoms with E-state index in [1.165, 1.54) is 25.5 Å². The maximum atomic E-state index is 10.1. The first kappa shape index (κ1) is 11.5. The molecular weight excluding hydrogens is 152 g/mol. The summed E-state index contributed by atoms with van der Waals surface area (Å²) >= 11 is 0. The van der Waals surface area contributed by atoms with E-state index < -0.39 is 0 Å². The molecule has 0 N–H and O–H groups in total. The number of ether oxygens (including phenoxy) is 1. The molecule has 0 aliphatic rings. The molecule has 0 fully saturated rings. The Bertz CT molecular complexity index is 91.8. The smallest absolute Gasteiger partial charge is 0.0873 e. The Kier molecular flexibility index (Phi) is 10.1. The highest BCUT2D eigenvalue weighted by atomic mass is 16.5. The molecule has 0 aromatic heterocycles. The monoisotopic (exact) mass is 171 g/mol. The molecule has 0 unspecified atom stereocenters. The second kappa shape index (κ2) is 10.5. The summed E-state index contributed by atoms with van der Waals surface area (Å²) in [5, 5.41) is 10.1. The van der Waals surface area contributed by atoms with Gasteiger partial charge in [0, 0.05) is 0 Å². The summed E-state index contributed by atoms with van der Waals surface area (Å²) in [4.78, 5) is 0. The lowest BCUT2D eigenvalue weighted by atomic mass is 10.1. The van der Waals surface area contributed by atoms with Crippen LogP contribution in [0.1, 0.15) is 38.5 Å². The lowest BCUT2D eigenvalue weighted by molar-refractivity contribution is 0.185. The predicted octanol–water partition coefficient (Wildman–Crippen LogP) is 2.92. The van der Waals surface area contributed by atoms with Gasteiger partial charge in [-0.05, 0) is 12.8 Å². The van der Waals surface area contributed by atoms with Crippen molar-refractivity contribution >= 4 is 0 Å². The van der Waals surface area contributed by atoms with Crippen molar-refractivity contribution in [3.63, 3.8) is 0 Å². The fraction of sp³-hybridized carbons (Fsp3) is 0.800. The van der Waals surface area contributed by atoms with E-state index >= 15 is 0 Å². The van der Waals surface area contributed by atoms with Crippen LogP contribution in [0, 0.1) is 0 Å². The van der Waals surface area contributed by atoms with E-state index in [1.807, 2.05) is 0 Å². The van der Waals surface area contributed by atoms with Gasteiger partial charge in [0.05, 0.1) is 19.5 Å². The molecule has 0 aromatic carbocycles. The first-order chi connectivity index (χ1) is 5.91. The molecule has 0 aromatic rings. The molecule has 1 radical (unpaired) electrons. The Balaban J connectivity index is 2.77. The van der Waals surface area contributed by atoms with E-state index in [9.17, 15) is 5.11 Å². The van der Waals surface area contributed by atoms with Crippen molar-refractivity contribution in [1.29, 1.82) is 0 Å². The highest BCUT2D eigenvalue weighted by Crippen LogP contribution is 2.04. The van der Waals surface area contributed by atoms with Crippen molar-refractivity contribution in [2.45, 2.75) is 38.5 Å². The third kappa shape index (κ3) is 9.50. The normalized spacial score (nSPS) is 9.75. The van der Waals surface area contributed by atoms with Crippen LogP contribution in [-0.2, 0) is 9.84 Å². The molecule has 0 atom stereocenters. The largest absolute Gasteiger partial charge is 0.502 e. The van der Waals surface area contributed by atoms with Crippen LogP contribution >= 0.6 is 0 Å². The van der Waals surface area contributed by atoms with E-state index in [4.69, 9.17) is 4.74 Å². The minimum absolute atomic E-state index is 0.0829. The summed E-state index contributed by atoms with van der Waals surface area (Å²) in [6.45, 7) is 4.33. The van der Waals surface area contributed by atoms with E-state index in [1.54, 1.807) is 0 Å². The molecule has 0 bridgehead atoms. The first-order valence-corrected chi connectivity index (χ1v) is 4.72. The van der Waals surface area contributed by atoms with Gasteiger partial charge < -0.3 is 4.74 Å². The van der Waals surface area contributed by atoms with E-state index in [0.717, 1.165) is 25.9 Å². The van der Waals surface area contributed by atoms with Gasteiger partial charge in [-0.1, -0.05) is 32.3 Å². The van der Waals surface area contributed by atoms with Crippen molar-refractivity contribution in [3.05, 3.63) is 12.8 Å². The zero-order valence-electron chi connectivity index (χ0n) is 7.76. The molecule has 0 saturated carbocycles. The standard InChI is InChI=1S/C10H19O2/c1-2-12-10-8-6-4-3-5-7-9-11/h2H,1,3-10H2. The highest BCUT2D eigenvalue weighted by Gasteiger charge is 1.90. The maximum Gasteiger partial charge on any atom is 0.0873 e. The Labute approximate surface area is 75.2 Å². The molecule has 0 aliphatic carbocycles. The average molecular weight is 171 g/mol. The number of hydrogen-bond donors (Lipinski definition) is 0. The van der Waals surface area contributed by atoms with Crippen LogP contribution in [0.3, 0.4) is 0 Å². The summed E-state index contributed by atoms with van der Waals surface area (Å²) in [7, 11) is 0.